The number of amides is 2. The number of sulfonamides is 1. The highest BCUT2D eigenvalue weighted by Gasteiger charge is 2.39. The summed E-state index contributed by atoms with van der Waals surface area (Å²) in [4.78, 5) is 29.0. The first-order valence-corrected chi connectivity index (χ1v) is 15.6. The van der Waals surface area contributed by atoms with Gasteiger partial charge in [-0.3, -0.25) is 9.59 Å². The van der Waals surface area contributed by atoms with Gasteiger partial charge in [0.2, 0.25) is 21.8 Å². The molecule has 2 amide bonds. The predicted molar refractivity (Wildman–Crippen MR) is 150 cm³/mol. The van der Waals surface area contributed by atoms with Gasteiger partial charge in [0, 0.05) is 31.2 Å². The lowest BCUT2D eigenvalue weighted by Crippen LogP contribution is -2.53. The van der Waals surface area contributed by atoms with Crippen molar-refractivity contribution in [1.82, 2.24) is 14.5 Å². The molecule has 0 aromatic heterocycles. The Morgan fingerprint density at radius 1 is 1.10 bits per heavy atom. The van der Waals surface area contributed by atoms with Crippen molar-refractivity contribution in [3.63, 3.8) is 0 Å². The summed E-state index contributed by atoms with van der Waals surface area (Å²) >= 11 is 5.97. The average molecular weight is 576 g/mol. The van der Waals surface area contributed by atoms with E-state index in [9.17, 15) is 23.1 Å². The van der Waals surface area contributed by atoms with Crippen LogP contribution in [-0.2, 0) is 26.2 Å². The van der Waals surface area contributed by atoms with Gasteiger partial charge in [0.1, 0.15) is 6.04 Å². The number of rotatable bonds is 12. The maximum Gasteiger partial charge on any atom is 0.246 e. The molecule has 0 radical (unpaired) electrons. The van der Waals surface area contributed by atoms with Crippen LogP contribution in [0, 0.1) is 11.8 Å². The lowest BCUT2D eigenvalue weighted by Gasteiger charge is -2.28. The van der Waals surface area contributed by atoms with E-state index in [1.165, 1.54) is 28.6 Å². The van der Waals surface area contributed by atoms with E-state index < -0.39 is 34.0 Å². The highest BCUT2D eigenvalue weighted by atomic mass is 35.5. The van der Waals surface area contributed by atoms with Gasteiger partial charge in [0.15, 0.2) is 0 Å². The van der Waals surface area contributed by atoms with E-state index in [1.54, 1.807) is 4.90 Å². The Kier molecular flexibility index (Phi) is 10.0. The average Bonchev–Trinajstić information content (AvgIpc) is 3.76. The number of halogens is 1. The molecule has 39 heavy (non-hydrogen) atoms. The number of nitrogens with zero attached hydrogens (tertiary/aromatic N) is 2. The molecule has 2 aromatic rings. The first-order valence-electron chi connectivity index (χ1n) is 13.8. The summed E-state index contributed by atoms with van der Waals surface area (Å²) in [5.41, 5.74) is 0.909. The SMILES string of the molecule is CCCCC(O)C(CC1CC1)C(=O)NC1CN(S(=O)(=O)c2ccc(Cl)cc2)CCN(Cc2ccccc2)C1=O. The summed E-state index contributed by atoms with van der Waals surface area (Å²) in [7, 11) is -3.95. The second-order valence-electron chi connectivity index (χ2n) is 10.6. The van der Waals surface area contributed by atoms with Gasteiger partial charge < -0.3 is 15.3 Å². The second-order valence-corrected chi connectivity index (χ2v) is 13.0. The summed E-state index contributed by atoms with van der Waals surface area (Å²) in [6, 6.07) is 14.3. The molecule has 1 aliphatic heterocycles. The predicted octanol–water partition coefficient (Wildman–Crippen LogP) is 3.83. The number of aliphatic hydroxyl groups is 1. The van der Waals surface area contributed by atoms with Crippen LogP contribution < -0.4 is 5.32 Å². The zero-order valence-corrected chi connectivity index (χ0v) is 23.9. The monoisotopic (exact) mass is 575 g/mol. The number of hydrogen-bond acceptors (Lipinski definition) is 5. The van der Waals surface area contributed by atoms with Gasteiger partial charge in [-0.15, -0.1) is 0 Å². The Morgan fingerprint density at radius 3 is 2.44 bits per heavy atom. The van der Waals surface area contributed by atoms with E-state index in [0.29, 0.717) is 30.3 Å². The van der Waals surface area contributed by atoms with Crippen LogP contribution in [0.2, 0.25) is 5.02 Å². The summed E-state index contributed by atoms with van der Waals surface area (Å²) in [6.45, 7) is 2.40. The third kappa shape index (κ3) is 7.81. The summed E-state index contributed by atoms with van der Waals surface area (Å²) in [5, 5.41) is 14.1. The Bertz CT molecular complexity index is 1220. The van der Waals surface area contributed by atoms with Gasteiger partial charge >= 0.3 is 0 Å². The molecular formula is C29H38ClN3O5S. The molecule has 1 aliphatic carbocycles. The lowest BCUT2D eigenvalue weighted by atomic mass is 9.91. The number of hydrogen-bond donors (Lipinski definition) is 2. The first kappa shape index (κ1) is 29.5. The van der Waals surface area contributed by atoms with E-state index in [0.717, 1.165) is 31.2 Å². The molecule has 3 unspecified atom stereocenters. The molecule has 3 atom stereocenters. The van der Waals surface area contributed by atoms with Crippen LogP contribution in [0.1, 0.15) is 51.0 Å². The van der Waals surface area contributed by atoms with Gasteiger partial charge in [0.25, 0.3) is 0 Å². The van der Waals surface area contributed by atoms with Gasteiger partial charge in [-0.05, 0) is 48.6 Å². The molecule has 1 saturated heterocycles. The summed E-state index contributed by atoms with van der Waals surface area (Å²) in [6.07, 6.45) is 4.04. The maximum absolute atomic E-state index is 13.7. The largest absolute Gasteiger partial charge is 0.392 e. The fourth-order valence-corrected chi connectivity index (χ4v) is 6.59. The standard InChI is InChI=1S/C29H38ClN3O5S/c1-2-3-9-27(34)25(18-21-10-11-21)28(35)31-26-20-33(39(37,38)24-14-12-23(30)13-15-24)17-16-32(29(26)36)19-22-7-5-4-6-8-22/h4-8,12-15,21,25-27,34H,2-3,9-11,16-20H2,1H3,(H,31,35). The molecule has 2 fully saturated rings. The van der Waals surface area contributed by atoms with Crippen molar-refractivity contribution in [2.45, 2.75) is 69.0 Å². The number of carbonyl (C=O) groups is 2. The molecule has 4 rings (SSSR count). The molecule has 2 N–H and O–H groups in total. The molecule has 8 nitrogen and oxygen atoms in total. The molecule has 10 heteroatoms. The van der Waals surface area contributed by atoms with Crippen molar-refractivity contribution in [2.24, 2.45) is 11.8 Å². The summed E-state index contributed by atoms with van der Waals surface area (Å²) in [5.74, 6) is -0.967. The van der Waals surface area contributed by atoms with Crippen molar-refractivity contribution >= 4 is 33.4 Å². The molecule has 1 heterocycles. The number of benzene rings is 2. The highest BCUT2D eigenvalue weighted by Crippen LogP contribution is 2.37. The normalized spacial score (nSPS) is 20.3. The van der Waals surface area contributed by atoms with E-state index in [1.807, 2.05) is 37.3 Å². The van der Waals surface area contributed by atoms with Crippen LogP contribution in [0.5, 0.6) is 0 Å². The van der Waals surface area contributed by atoms with Gasteiger partial charge in [-0.25, -0.2) is 8.42 Å². The maximum atomic E-state index is 13.7. The van der Waals surface area contributed by atoms with Crippen LogP contribution in [-0.4, -0.2) is 66.3 Å². The topological polar surface area (TPSA) is 107 Å². The van der Waals surface area contributed by atoms with Gasteiger partial charge in [0.05, 0.1) is 16.9 Å². The minimum absolute atomic E-state index is 0.0718. The first-order chi connectivity index (χ1) is 18.7. The van der Waals surface area contributed by atoms with E-state index in [-0.39, 0.29) is 30.4 Å². The molecule has 0 spiro atoms. The fraction of sp³-hybridized carbons (Fsp3) is 0.517. The van der Waals surface area contributed by atoms with E-state index >= 15 is 0 Å². The van der Waals surface area contributed by atoms with Gasteiger partial charge in [-0.1, -0.05) is 74.5 Å². The van der Waals surface area contributed by atoms with Crippen LogP contribution in [0.4, 0.5) is 0 Å². The number of aliphatic hydroxyl groups excluding tert-OH is 1. The Morgan fingerprint density at radius 2 is 1.79 bits per heavy atom. The van der Waals surface area contributed by atoms with Crippen molar-refractivity contribution < 1.29 is 23.1 Å². The Balaban J connectivity index is 1.59. The molecule has 1 saturated carbocycles. The molecule has 2 aromatic carbocycles. The number of unbranched alkanes of at least 4 members (excludes halogenated alkanes) is 1. The minimum atomic E-state index is -3.95. The van der Waals surface area contributed by atoms with Gasteiger partial charge in [-0.2, -0.15) is 4.31 Å². The van der Waals surface area contributed by atoms with Crippen molar-refractivity contribution in [3.8, 4) is 0 Å². The Hall–Kier alpha value is -2.46. The molecule has 0 bridgehead atoms. The Labute approximate surface area is 236 Å². The molecule has 2 aliphatic rings. The summed E-state index contributed by atoms with van der Waals surface area (Å²) < 4.78 is 28.4. The zero-order valence-electron chi connectivity index (χ0n) is 22.3. The van der Waals surface area contributed by atoms with Crippen molar-refractivity contribution in [1.29, 1.82) is 0 Å². The van der Waals surface area contributed by atoms with Crippen LogP contribution in [0.3, 0.4) is 0 Å². The third-order valence-corrected chi connectivity index (χ3v) is 9.67. The lowest BCUT2D eigenvalue weighted by molar-refractivity contribution is -0.138. The number of nitrogens with one attached hydrogen (secondary N) is 1. The van der Waals surface area contributed by atoms with E-state index in [4.69, 9.17) is 11.6 Å². The minimum Gasteiger partial charge on any atom is -0.392 e. The van der Waals surface area contributed by atoms with Crippen LogP contribution in [0.25, 0.3) is 0 Å². The third-order valence-electron chi connectivity index (χ3n) is 7.54. The zero-order chi connectivity index (χ0) is 28.0. The number of carbonyl (C=O) groups excluding carboxylic acids is 2. The van der Waals surface area contributed by atoms with Crippen LogP contribution in [0.15, 0.2) is 59.5 Å². The molecular weight excluding hydrogens is 538 g/mol. The second kappa shape index (κ2) is 13.3. The fourth-order valence-electron chi connectivity index (χ4n) is 5.02. The van der Waals surface area contributed by atoms with Crippen molar-refractivity contribution in [3.05, 3.63) is 65.2 Å². The van der Waals surface area contributed by atoms with Crippen LogP contribution >= 0.6 is 11.6 Å². The highest BCUT2D eigenvalue weighted by molar-refractivity contribution is 7.89. The van der Waals surface area contributed by atoms with Crippen molar-refractivity contribution in [2.75, 3.05) is 19.6 Å². The quantitative estimate of drug-likeness (QED) is 0.400. The molecule has 212 valence electrons. The van der Waals surface area contributed by atoms with E-state index in [2.05, 4.69) is 5.32 Å². The smallest absolute Gasteiger partial charge is 0.246 e.